The second-order valence-corrected chi connectivity index (χ2v) is 3.00. The summed E-state index contributed by atoms with van der Waals surface area (Å²) in [7, 11) is 1.31. The van der Waals surface area contributed by atoms with Crippen molar-refractivity contribution in [1.29, 1.82) is 5.26 Å². The predicted molar refractivity (Wildman–Crippen MR) is 42.4 cm³/mol. The molecule has 0 spiro atoms. The number of esters is 1. The number of hydrogen-bond acceptors (Lipinski definition) is 5. The predicted octanol–water partition coefficient (Wildman–Crippen LogP) is 0.657. The standard InChI is InChI=1S/C6H10N2O2S/c1-6(2,5(9)10-3)8-11-4-7/h8H,1-3H3. The molecule has 1 N–H and O–H groups in total. The first kappa shape index (κ1) is 10.3. The molecule has 0 atom stereocenters. The van der Waals surface area contributed by atoms with Crippen LogP contribution in [-0.4, -0.2) is 18.6 Å². The Morgan fingerprint density at radius 2 is 2.27 bits per heavy atom. The molecule has 0 aromatic heterocycles. The molecule has 0 heterocycles. The molecular formula is C6H10N2O2S. The summed E-state index contributed by atoms with van der Waals surface area (Å²) in [5, 5.41) is 9.98. The molecule has 0 amide bonds. The van der Waals surface area contributed by atoms with Crippen LogP contribution in [0.15, 0.2) is 0 Å². The third kappa shape index (κ3) is 3.25. The van der Waals surface area contributed by atoms with Gasteiger partial charge >= 0.3 is 5.97 Å². The Morgan fingerprint density at radius 1 is 1.73 bits per heavy atom. The lowest BCUT2D eigenvalue weighted by Gasteiger charge is -2.19. The maximum Gasteiger partial charge on any atom is 0.326 e. The largest absolute Gasteiger partial charge is 0.468 e. The van der Waals surface area contributed by atoms with Crippen LogP contribution in [0.3, 0.4) is 0 Å². The number of hydrogen-bond donors (Lipinski definition) is 1. The van der Waals surface area contributed by atoms with E-state index >= 15 is 0 Å². The van der Waals surface area contributed by atoms with E-state index in [1.54, 1.807) is 19.2 Å². The van der Waals surface area contributed by atoms with Crippen LogP contribution in [0.25, 0.3) is 0 Å². The molecule has 0 unspecified atom stereocenters. The Balaban J connectivity index is 4.01. The van der Waals surface area contributed by atoms with E-state index in [1.807, 2.05) is 0 Å². The first-order chi connectivity index (χ1) is 5.04. The van der Waals surface area contributed by atoms with Crippen molar-refractivity contribution in [1.82, 2.24) is 4.72 Å². The molecule has 0 aliphatic rings. The zero-order valence-electron chi connectivity index (χ0n) is 6.67. The van der Waals surface area contributed by atoms with Crippen molar-refractivity contribution in [2.45, 2.75) is 19.4 Å². The number of carbonyl (C=O) groups excluding carboxylic acids is 1. The van der Waals surface area contributed by atoms with Crippen LogP contribution in [0, 0.1) is 10.7 Å². The lowest BCUT2D eigenvalue weighted by atomic mass is 10.1. The minimum Gasteiger partial charge on any atom is -0.468 e. The van der Waals surface area contributed by atoms with Gasteiger partial charge in [-0.1, -0.05) is 0 Å². The monoisotopic (exact) mass is 174 g/mol. The molecule has 0 rings (SSSR count). The molecule has 4 nitrogen and oxygen atoms in total. The first-order valence-electron chi connectivity index (χ1n) is 2.95. The quantitative estimate of drug-likeness (QED) is 0.387. The molecule has 62 valence electrons. The van der Waals surface area contributed by atoms with Crippen molar-refractivity contribution in [2.75, 3.05) is 7.11 Å². The highest BCUT2D eigenvalue weighted by Gasteiger charge is 2.28. The fourth-order valence-corrected chi connectivity index (χ4v) is 0.831. The summed E-state index contributed by atoms with van der Waals surface area (Å²) in [6.45, 7) is 3.28. The number of thiocyanates is 1. The molecular weight excluding hydrogens is 164 g/mol. The summed E-state index contributed by atoms with van der Waals surface area (Å²) in [6.07, 6.45) is 0. The van der Waals surface area contributed by atoms with Crippen LogP contribution >= 0.6 is 11.9 Å². The van der Waals surface area contributed by atoms with Gasteiger partial charge in [-0.2, -0.15) is 5.26 Å². The molecule has 0 saturated carbocycles. The molecule has 0 aliphatic carbocycles. The zero-order valence-corrected chi connectivity index (χ0v) is 7.49. The summed E-state index contributed by atoms with van der Waals surface area (Å²) >= 11 is 0.813. The van der Waals surface area contributed by atoms with E-state index in [2.05, 4.69) is 9.46 Å². The normalized spacial score (nSPS) is 10.4. The fraction of sp³-hybridized carbons (Fsp3) is 0.667. The van der Waals surface area contributed by atoms with E-state index in [0.29, 0.717) is 0 Å². The molecule has 0 aromatic carbocycles. The molecule has 0 bridgehead atoms. The van der Waals surface area contributed by atoms with Crippen molar-refractivity contribution in [3.05, 3.63) is 0 Å². The van der Waals surface area contributed by atoms with Gasteiger partial charge in [-0.25, -0.2) is 4.72 Å². The molecule has 0 fully saturated rings. The Morgan fingerprint density at radius 3 is 2.64 bits per heavy atom. The number of carbonyl (C=O) groups is 1. The van der Waals surface area contributed by atoms with E-state index in [4.69, 9.17) is 5.26 Å². The molecule has 0 radical (unpaired) electrons. The van der Waals surface area contributed by atoms with E-state index < -0.39 is 5.54 Å². The number of methoxy groups -OCH3 is 1. The average Bonchev–Trinajstić information content (AvgIpc) is 1.99. The maximum atomic E-state index is 10.9. The minimum atomic E-state index is -0.810. The smallest absolute Gasteiger partial charge is 0.326 e. The van der Waals surface area contributed by atoms with E-state index in [-0.39, 0.29) is 5.97 Å². The maximum absolute atomic E-state index is 10.9. The van der Waals surface area contributed by atoms with Crippen LogP contribution in [0.1, 0.15) is 13.8 Å². The Bertz CT molecular complexity index is 186. The highest BCUT2D eigenvalue weighted by molar-refractivity contribution is 8.01. The number of nitriles is 1. The highest BCUT2D eigenvalue weighted by Crippen LogP contribution is 2.08. The SMILES string of the molecule is COC(=O)C(C)(C)NSC#N. The first-order valence-corrected chi connectivity index (χ1v) is 3.76. The van der Waals surface area contributed by atoms with Crippen LogP contribution in [0.2, 0.25) is 0 Å². The van der Waals surface area contributed by atoms with Crippen molar-refractivity contribution >= 4 is 17.9 Å². The van der Waals surface area contributed by atoms with Crippen LogP contribution in [0.4, 0.5) is 0 Å². The van der Waals surface area contributed by atoms with E-state index in [1.165, 1.54) is 7.11 Å². The third-order valence-electron chi connectivity index (χ3n) is 1.05. The van der Waals surface area contributed by atoms with Crippen molar-refractivity contribution in [3.8, 4) is 5.40 Å². The molecule has 0 aromatic rings. The Labute approximate surface area is 70.0 Å². The van der Waals surface area contributed by atoms with Crippen molar-refractivity contribution < 1.29 is 9.53 Å². The van der Waals surface area contributed by atoms with E-state index in [9.17, 15) is 4.79 Å². The van der Waals surface area contributed by atoms with Crippen molar-refractivity contribution in [3.63, 3.8) is 0 Å². The van der Waals surface area contributed by atoms with Gasteiger partial charge in [-0.15, -0.1) is 0 Å². The van der Waals surface area contributed by atoms with Crippen LogP contribution < -0.4 is 4.72 Å². The lowest BCUT2D eigenvalue weighted by molar-refractivity contribution is -0.146. The third-order valence-corrected chi connectivity index (χ3v) is 1.75. The average molecular weight is 174 g/mol. The summed E-state index contributed by atoms with van der Waals surface area (Å²) in [5.74, 6) is -0.389. The Kier molecular flexibility index (Phi) is 3.93. The molecule has 5 heteroatoms. The number of nitrogens with one attached hydrogen (secondary N) is 1. The topological polar surface area (TPSA) is 62.1 Å². The van der Waals surface area contributed by atoms with Gasteiger partial charge in [0.2, 0.25) is 0 Å². The Hall–Kier alpha value is -0.730. The van der Waals surface area contributed by atoms with Crippen LogP contribution in [0.5, 0.6) is 0 Å². The molecule has 0 saturated heterocycles. The summed E-state index contributed by atoms with van der Waals surface area (Å²) < 4.78 is 7.13. The molecule has 11 heavy (non-hydrogen) atoms. The van der Waals surface area contributed by atoms with Gasteiger partial charge in [0.1, 0.15) is 10.9 Å². The minimum absolute atomic E-state index is 0.389. The van der Waals surface area contributed by atoms with E-state index in [0.717, 1.165) is 11.9 Å². The van der Waals surface area contributed by atoms with Crippen LogP contribution in [-0.2, 0) is 9.53 Å². The summed E-state index contributed by atoms with van der Waals surface area (Å²) in [6, 6.07) is 0. The lowest BCUT2D eigenvalue weighted by Crippen LogP contribution is -2.43. The summed E-state index contributed by atoms with van der Waals surface area (Å²) in [4.78, 5) is 10.9. The highest BCUT2D eigenvalue weighted by atomic mass is 32.2. The van der Waals surface area contributed by atoms with Gasteiger partial charge in [0.15, 0.2) is 0 Å². The number of rotatable bonds is 3. The van der Waals surface area contributed by atoms with Gasteiger partial charge < -0.3 is 4.74 Å². The van der Waals surface area contributed by atoms with Gasteiger partial charge in [0.25, 0.3) is 0 Å². The van der Waals surface area contributed by atoms with Gasteiger partial charge in [0.05, 0.1) is 7.11 Å². The second-order valence-electron chi connectivity index (χ2n) is 2.41. The number of nitrogens with zero attached hydrogens (tertiary/aromatic N) is 1. The van der Waals surface area contributed by atoms with Gasteiger partial charge in [0, 0.05) is 11.9 Å². The van der Waals surface area contributed by atoms with Crippen molar-refractivity contribution in [2.24, 2.45) is 0 Å². The summed E-state index contributed by atoms with van der Waals surface area (Å²) in [5.41, 5.74) is -0.810. The van der Waals surface area contributed by atoms with Gasteiger partial charge in [-0.3, -0.25) is 4.79 Å². The fourth-order valence-electron chi connectivity index (χ4n) is 0.447. The number of ether oxygens (including phenoxy) is 1. The van der Waals surface area contributed by atoms with Gasteiger partial charge in [-0.05, 0) is 13.8 Å². The molecule has 0 aliphatic heterocycles. The second kappa shape index (κ2) is 4.21. The zero-order chi connectivity index (χ0) is 8.91.